The van der Waals surface area contributed by atoms with Gasteiger partial charge in [-0.3, -0.25) is 9.59 Å². The maximum atomic E-state index is 14.1. The number of aromatic nitrogens is 6. The number of H-pyrrole nitrogens is 1. The van der Waals surface area contributed by atoms with Crippen molar-refractivity contribution < 1.29 is 13.7 Å². The molecule has 4 aromatic rings. The summed E-state index contributed by atoms with van der Waals surface area (Å²) in [5.74, 6) is 0.833. The summed E-state index contributed by atoms with van der Waals surface area (Å²) in [7, 11) is 0. The SMILES string of the molecule is Cc1cc(NC(=O)CSCc2nc3c(nnn3Cc3c(F)cccc3Cl)c(=O)[nH]2)no1. The lowest BCUT2D eigenvalue weighted by Gasteiger charge is -2.06. The first-order valence-corrected chi connectivity index (χ1v) is 10.5. The van der Waals surface area contributed by atoms with Crippen LogP contribution in [0, 0.1) is 12.7 Å². The molecule has 10 nitrogen and oxygen atoms in total. The number of carbonyl (C=O) groups excluding carboxylic acids is 1. The van der Waals surface area contributed by atoms with Crippen molar-refractivity contribution in [2.75, 3.05) is 11.1 Å². The number of thioether (sulfide) groups is 1. The second-order valence-corrected chi connectivity index (χ2v) is 7.89. The van der Waals surface area contributed by atoms with Crippen LogP contribution in [0.3, 0.4) is 0 Å². The second kappa shape index (κ2) is 8.86. The number of fused-ring (bicyclic) bond motifs is 1. The third-order valence-electron chi connectivity index (χ3n) is 4.16. The molecule has 160 valence electrons. The first kappa shape index (κ1) is 21.0. The van der Waals surface area contributed by atoms with E-state index in [4.69, 9.17) is 16.1 Å². The third kappa shape index (κ3) is 4.75. The zero-order valence-electron chi connectivity index (χ0n) is 16.1. The van der Waals surface area contributed by atoms with Gasteiger partial charge in [0.1, 0.15) is 17.4 Å². The number of hydrogen-bond donors (Lipinski definition) is 2. The molecule has 13 heteroatoms. The summed E-state index contributed by atoms with van der Waals surface area (Å²) in [4.78, 5) is 31.3. The van der Waals surface area contributed by atoms with Crippen LogP contribution in [0.4, 0.5) is 10.2 Å². The lowest BCUT2D eigenvalue weighted by molar-refractivity contribution is -0.113. The van der Waals surface area contributed by atoms with Gasteiger partial charge in [0.25, 0.3) is 5.56 Å². The number of carbonyl (C=O) groups is 1. The Balaban J connectivity index is 1.47. The van der Waals surface area contributed by atoms with Gasteiger partial charge >= 0.3 is 0 Å². The third-order valence-corrected chi connectivity index (χ3v) is 5.46. The van der Waals surface area contributed by atoms with Gasteiger partial charge in [-0.25, -0.2) is 14.1 Å². The Kier molecular flexibility index (Phi) is 6.00. The molecule has 0 bridgehead atoms. The van der Waals surface area contributed by atoms with Gasteiger partial charge in [0.15, 0.2) is 17.0 Å². The zero-order valence-corrected chi connectivity index (χ0v) is 17.6. The Hall–Kier alpha value is -3.25. The summed E-state index contributed by atoms with van der Waals surface area (Å²) in [6.45, 7) is 1.68. The quantitative estimate of drug-likeness (QED) is 0.427. The first-order chi connectivity index (χ1) is 14.9. The lowest BCUT2D eigenvalue weighted by Crippen LogP contribution is -2.16. The van der Waals surface area contributed by atoms with Gasteiger partial charge in [0.05, 0.1) is 18.1 Å². The molecule has 1 amide bonds. The molecule has 3 heterocycles. The number of nitrogens with zero attached hydrogens (tertiary/aromatic N) is 5. The van der Waals surface area contributed by atoms with Crippen molar-refractivity contribution in [2.24, 2.45) is 0 Å². The van der Waals surface area contributed by atoms with Crippen LogP contribution in [0.15, 0.2) is 33.6 Å². The number of amides is 1. The number of hydrogen-bond acceptors (Lipinski definition) is 8. The molecule has 0 atom stereocenters. The summed E-state index contributed by atoms with van der Waals surface area (Å²) >= 11 is 7.32. The Morgan fingerprint density at radius 3 is 3.00 bits per heavy atom. The predicted molar refractivity (Wildman–Crippen MR) is 112 cm³/mol. The van der Waals surface area contributed by atoms with E-state index in [0.29, 0.717) is 17.4 Å². The molecular formula is C18H15ClFN7O3S. The van der Waals surface area contributed by atoms with Gasteiger partial charge < -0.3 is 14.8 Å². The highest BCUT2D eigenvalue weighted by Crippen LogP contribution is 2.21. The molecule has 0 radical (unpaired) electrons. The molecule has 31 heavy (non-hydrogen) atoms. The Bertz CT molecular complexity index is 1300. The average Bonchev–Trinajstić information content (AvgIpc) is 3.31. The molecule has 2 N–H and O–H groups in total. The molecular weight excluding hydrogens is 449 g/mol. The number of halogens is 2. The van der Waals surface area contributed by atoms with E-state index >= 15 is 0 Å². The maximum absolute atomic E-state index is 14.1. The van der Waals surface area contributed by atoms with Gasteiger partial charge in [0, 0.05) is 16.7 Å². The molecule has 0 aliphatic carbocycles. The number of nitrogens with one attached hydrogen (secondary N) is 2. The molecule has 1 aromatic carbocycles. The topological polar surface area (TPSA) is 132 Å². The molecule has 0 saturated carbocycles. The van der Waals surface area contributed by atoms with Crippen LogP contribution in [0.5, 0.6) is 0 Å². The van der Waals surface area contributed by atoms with E-state index in [1.54, 1.807) is 19.1 Å². The van der Waals surface area contributed by atoms with Crippen LogP contribution in [-0.4, -0.2) is 41.8 Å². The number of rotatable bonds is 7. The van der Waals surface area contributed by atoms with Crippen LogP contribution in [0.25, 0.3) is 11.2 Å². The molecule has 0 aliphatic heterocycles. The summed E-state index contributed by atoms with van der Waals surface area (Å²) in [5, 5.41) is 14.3. The van der Waals surface area contributed by atoms with Crippen LogP contribution < -0.4 is 10.9 Å². The summed E-state index contributed by atoms with van der Waals surface area (Å²) in [6.07, 6.45) is 0. The minimum absolute atomic E-state index is 0.0281. The van der Waals surface area contributed by atoms with E-state index in [9.17, 15) is 14.0 Å². The van der Waals surface area contributed by atoms with E-state index in [0.717, 1.165) is 0 Å². The van der Waals surface area contributed by atoms with Gasteiger partial charge in [-0.05, 0) is 19.1 Å². The summed E-state index contributed by atoms with van der Waals surface area (Å²) in [5.41, 5.74) is -0.0377. The molecule has 4 rings (SSSR count). The van der Waals surface area contributed by atoms with E-state index < -0.39 is 11.4 Å². The highest BCUT2D eigenvalue weighted by molar-refractivity contribution is 7.99. The van der Waals surface area contributed by atoms with Crippen LogP contribution in [0.2, 0.25) is 5.02 Å². The van der Waals surface area contributed by atoms with E-state index in [1.807, 2.05) is 0 Å². The van der Waals surface area contributed by atoms with Crippen molar-refractivity contribution in [3.8, 4) is 0 Å². The number of anilines is 1. The second-order valence-electron chi connectivity index (χ2n) is 6.50. The first-order valence-electron chi connectivity index (χ1n) is 8.97. The molecule has 0 spiro atoms. The van der Waals surface area contributed by atoms with Crippen molar-refractivity contribution in [1.29, 1.82) is 0 Å². The van der Waals surface area contributed by atoms with Gasteiger partial charge in [-0.1, -0.05) is 28.0 Å². The molecule has 0 unspecified atom stereocenters. The van der Waals surface area contributed by atoms with Crippen LogP contribution in [0.1, 0.15) is 17.1 Å². The molecule has 0 saturated heterocycles. The molecule has 0 aliphatic rings. The number of benzene rings is 1. The predicted octanol–water partition coefficient (Wildman–Crippen LogP) is 2.52. The highest BCUT2D eigenvalue weighted by Gasteiger charge is 2.16. The Morgan fingerprint density at radius 1 is 1.42 bits per heavy atom. The van der Waals surface area contributed by atoms with E-state index in [1.165, 1.54) is 28.6 Å². The molecule has 0 fully saturated rings. The smallest absolute Gasteiger partial charge is 0.281 e. The van der Waals surface area contributed by atoms with Gasteiger partial charge in [0.2, 0.25) is 5.91 Å². The monoisotopic (exact) mass is 463 g/mol. The fraction of sp³-hybridized carbons (Fsp3) is 0.222. The van der Waals surface area contributed by atoms with E-state index in [-0.39, 0.29) is 45.7 Å². The lowest BCUT2D eigenvalue weighted by atomic mass is 10.2. The normalized spacial score (nSPS) is 11.2. The Morgan fingerprint density at radius 2 is 2.26 bits per heavy atom. The van der Waals surface area contributed by atoms with Gasteiger partial charge in [-0.15, -0.1) is 16.9 Å². The van der Waals surface area contributed by atoms with Crippen molar-refractivity contribution in [2.45, 2.75) is 19.2 Å². The fourth-order valence-corrected chi connectivity index (χ4v) is 3.68. The number of aromatic amines is 1. The Labute approximate surface area is 183 Å². The summed E-state index contributed by atoms with van der Waals surface area (Å²) < 4.78 is 20.3. The van der Waals surface area contributed by atoms with Crippen LogP contribution >= 0.6 is 23.4 Å². The average molecular weight is 464 g/mol. The standard InChI is InChI=1S/C18H15ClFN7O3S/c1-9-5-13(25-30-9)21-15(28)8-31-7-14-22-17-16(18(29)23-14)24-26-27(17)6-10-11(19)3-2-4-12(10)20/h2-5H,6-8H2,1H3,(H,21,25,28)(H,22,23,29). The van der Waals surface area contributed by atoms with Gasteiger partial charge in [-0.2, -0.15) is 0 Å². The van der Waals surface area contributed by atoms with Crippen molar-refractivity contribution in [3.05, 3.63) is 62.6 Å². The number of aryl methyl sites for hydroxylation is 1. The minimum atomic E-state index is -0.495. The summed E-state index contributed by atoms with van der Waals surface area (Å²) in [6, 6.07) is 5.95. The zero-order chi connectivity index (χ0) is 22.0. The maximum Gasteiger partial charge on any atom is 0.281 e. The van der Waals surface area contributed by atoms with Crippen molar-refractivity contribution >= 4 is 46.3 Å². The largest absolute Gasteiger partial charge is 0.360 e. The highest BCUT2D eigenvalue weighted by atomic mass is 35.5. The minimum Gasteiger partial charge on any atom is -0.360 e. The van der Waals surface area contributed by atoms with Crippen molar-refractivity contribution in [1.82, 2.24) is 30.1 Å². The molecule has 3 aromatic heterocycles. The fourth-order valence-electron chi connectivity index (χ4n) is 2.76. The van der Waals surface area contributed by atoms with Crippen molar-refractivity contribution in [3.63, 3.8) is 0 Å². The van der Waals surface area contributed by atoms with E-state index in [2.05, 4.69) is 30.8 Å². The van der Waals surface area contributed by atoms with Crippen LogP contribution in [-0.2, 0) is 17.1 Å².